The molecule has 4 aromatic rings. The largest absolute Gasteiger partial charge is 0.710 e. The Labute approximate surface area is 202 Å². The van der Waals surface area contributed by atoms with Crippen molar-refractivity contribution < 1.29 is 18.3 Å². The molecule has 0 spiro atoms. The Kier molecular flexibility index (Phi) is 7.00. The number of nitriles is 1. The van der Waals surface area contributed by atoms with Crippen molar-refractivity contribution in [2.24, 2.45) is 0 Å². The number of anilines is 1. The monoisotopic (exact) mass is 492 g/mol. The molecule has 0 fully saturated rings. The van der Waals surface area contributed by atoms with Gasteiger partial charge in [-0.05, 0) is 18.2 Å². The third kappa shape index (κ3) is 5.36. The molecule has 182 valence electrons. The van der Waals surface area contributed by atoms with Crippen molar-refractivity contribution in [3.05, 3.63) is 89.6 Å². The van der Waals surface area contributed by atoms with Crippen molar-refractivity contribution in [2.45, 2.75) is 18.9 Å². The van der Waals surface area contributed by atoms with Crippen LogP contribution in [-0.2, 0) is 23.7 Å². The minimum atomic E-state index is -3.47. The average Bonchev–Trinajstić information content (AvgIpc) is 3.43. The van der Waals surface area contributed by atoms with Gasteiger partial charge in [0.15, 0.2) is 6.54 Å². The molecule has 0 aromatic carbocycles. The van der Waals surface area contributed by atoms with E-state index in [0.717, 1.165) is 0 Å². The maximum Gasteiger partial charge on any atom is 0.342 e. The van der Waals surface area contributed by atoms with E-state index in [1.54, 1.807) is 18.5 Å². The number of nitrogens with zero attached hydrogens (tertiary/aromatic N) is 8. The molecule has 1 amide bonds. The second-order valence-electron chi connectivity index (χ2n) is 7.41. The molecule has 36 heavy (non-hydrogen) atoms. The number of carbonyl (C=O) groups is 1. The molecule has 0 aliphatic heterocycles. The average molecular weight is 492 g/mol. The van der Waals surface area contributed by atoms with E-state index < -0.39 is 30.6 Å². The second-order valence-corrected chi connectivity index (χ2v) is 7.41. The normalized spacial score (nSPS) is 11.0. The smallest absolute Gasteiger partial charge is 0.342 e. The van der Waals surface area contributed by atoms with Gasteiger partial charge in [0.25, 0.3) is 5.82 Å². The Balaban J connectivity index is 1.46. The molecule has 0 saturated heterocycles. The molecule has 14 heteroatoms. The zero-order valence-electron chi connectivity index (χ0n) is 18.5. The van der Waals surface area contributed by atoms with Crippen molar-refractivity contribution in [1.82, 2.24) is 35.0 Å². The number of amides is 1. The summed E-state index contributed by atoms with van der Waals surface area (Å²) in [5, 5.41) is 31.3. The first-order chi connectivity index (χ1) is 17.4. The summed E-state index contributed by atoms with van der Waals surface area (Å²) in [4.78, 5) is 27.7. The van der Waals surface area contributed by atoms with Crippen molar-refractivity contribution >= 4 is 11.7 Å². The predicted octanol–water partition coefficient (Wildman–Crippen LogP) is 1.02. The highest BCUT2D eigenvalue weighted by Crippen LogP contribution is 2.24. The molecule has 2 N–H and O–H groups in total. The molecule has 0 bridgehead atoms. The van der Waals surface area contributed by atoms with E-state index in [-0.39, 0.29) is 28.4 Å². The van der Waals surface area contributed by atoms with Crippen molar-refractivity contribution in [1.29, 1.82) is 5.26 Å². The van der Waals surface area contributed by atoms with E-state index in [1.807, 2.05) is 6.07 Å². The van der Waals surface area contributed by atoms with Crippen LogP contribution in [0, 0.1) is 16.5 Å². The lowest BCUT2D eigenvalue weighted by Gasteiger charge is -2.17. The van der Waals surface area contributed by atoms with Gasteiger partial charge in [-0.25, -0.2) is 24.4 Å². The van der Waals surface area contributed by atoms with Crippen LogP contribution in [0.15, 0.2) is 61.7 Å². The van der Waals surface area contributed by atoms with Crippen molar-refractivity contribution in [3.8, 4) is 11.8 Å². The molecule has 0 atom stereocenters. The number of hydrogen-bond acceptors (Lipinski definition) is 9. The Morgan fingerprint density at radius 1 is 1.19 bits per heavy atom. The fraction of sp³-hybridized carbons (Fsp3) is 0.182. The van der Waals surface area contributed by atoms with Gasteiger partial charge in [0.05, 0.1) is 17.7 Å². The summed E-state index contributed by atoms with van der Waals surface area (Å²) in [5.41, 5.74) is 1.03. The Bertz CT molecular complexity index is 1390. The highest BCUT2D eigenvalue weighted by molar-refractivity contribution is 5.78. The number of rotatable bonds is 9. The fourth-order valence-corrected chi connectivity index (χ4v) is 3.27. The molecule has 12 nitrogen and oxygen atoms in total. The lowest BCUT2D eigenvalue weighted by Crippen LogP contribution is -2.41. The van der Waals surface area contributed by atoms with Crippen LogP contribution in [0.3, 0.4) is 0 Å². The topological polar surface area (TPSA) is 161 Å². The first kappa shape index (κ1) is 24.1. The fourth-order valence-electron chi connectivity index (χ4n) is 3.27. The molecule has 0 aliphatic rings. The summed E-state index contributed by atoms with van der Waals surface area (Å²) >= 11 is 0. The second kappa shape index (κ2) is 10.5. The number of hydrogen-bond donors (Lipinski definition) is 2. The van der Waals surface area contributed by atoms with E-state index in [9.17, 15) is 24.0 Å². The lowest BCUT2D eigenvalue weighted by atomic mass is 10.1. The van der Waals surface area contributed by atoms with Crippen molar-refractivity contribution in [2.75, 3.05) is 11.9 Å². The number of pyridine rings is 2. The van der Waals surface area contributed by atoms with Crippen LogP contribution in [0.1, 0.15) is 22.6 Å². The van der Waals surface area contributed by atoms with E-state index in [4.69, 9.17) is 0 Å². The molecule has 0 radical (unpaired) electrons. The van der Waals surface area contributed by atoms with Gasteiger partial charge in [0.1, 0.15) is 24.4 Å². The summed E-state index contributed by atoms with van der Waals surface area (Å²) in [5.74, 6) is -4.99. The van der Waals surface area contributed by atoms with Crippen LogP contribution in [0.4, 0.5) is 14.6 Å². The third-order valence-electron chi connectivity index (χ3n) is 5.04. The minimum absolute atomic E-state index is 0.0594. The standard InChI is InChI=1S/C22H18F2N10O2/c23-22(24,21-28-5-1-6-29-21)12-31-19-3-2-15(9-25)18(34(19)36)8-20(35)30-11-16-10-26-7-4-17(16)33-14-27-13-32-33/h1-7,10,13-14,31H,8,11-12H2,(H,30,35). The quantitative estimate of drug-likeness (QED) is 0.257. The molecular formula is C22H18F2N10O2. The van der Waals surface area contributed by atoms with Gasteiger partial charge in [-0.15, -0.1) is 0 Å². The van der Waals surface area contributed by atoms with Crippen LogP contribution in [0.5, 0.6) is 0 Å². The van der Waals surface area contributed by atoms with E-state index >= 15 is 0 Å². The van der Waals surface area contributed by atoms with Crippen LogP contribution in [0.25, 0.3) is 5.69 Å². The van der Waals surface area contributed by atoms with Crippen molar-refractivity contribution in [3.63, 3.8) is 0 Å². The van der Waals surface area contributed by atoms with E-state index in [0.29, 0.717) is 11.3 Å². The van der Waals surface area contributed by atoms with Crippen LogP contribution in [0.2, 0.25) is 0 Å². The first-order valence-electron chi connectivity index (χ1n) is 10.5. The number of carbonyl (C=O) groups excluding carboxylic acids is 1. The summed E-state index contributed by atoms with van der Waals surface area (Å²) in [6, 6.07) is 7.41. The number of alkyl halides is 2. The van der Waals surface area contributed by atoms with Crippen LogP contribution < -0.4 is 15.4 Å². The van der Waals surface area contributed by atoms with Crippen LogP contribution >= 0.6 is 0 Å². The Morgan fingerprint density at radius 3 is 2.72 bits per heavy atom. The zero-order chi connectivity index (χ0) is 25.5. The Hall–Kier alpha value is -5.06. The van der Waals surface area contributed by atoms with Crippen LogP contribution in [-0.4, -0.2) is 42.2 Å². The van der Waals surface area contributed by atoms with Gasteiger partial charge < -0.3 is 10.5 Å². The molecule has 0 aliphatic carbocycles. The lowest BCUT2D eigenvalue weighted by molar-refractivity contribution is -0.598. The summed E-state index contributed by atoms with van der Waals surface area (Å²) in [6.07, 6.45) is 7.88. The van der Waals surface area contributed by atoms with E-state index in [2.05, 4.69) is 35.7 Å². The van der Waals surface area contributed by atoms with Gasteiger partial charge in [-0.3, -0.25) is 15.1 Å². The SMILES string of the molecule is N#Cc1ccc(NCC(F)(F)c2ncccn2)[n+]([O-])c1CC(=O)NCc1cnccc1-n1cncn1. The van der Waals surface area contributed by atoms with Gasteiger partial charge in [-0.1, -0.05) is 0 Å². The van der Waals surface area contributed by atoms with E-state index in [1.165, 1.54) is 47.9 Å². The predicted molar refractivity (Wildman–Crippen MR) is 119 cm³/mol. The highest BCUT2D eigenvalue weighted by Gasteiger charge is 2.37. The zero-order valence-corrected chi connectivity index (χ0v) is 18.5. The molecule has 0 unspecified atom stereocenters. The molecule has 4 rings (SSSR count). The number of halogens is 2. The Morgan fingerprint density at radius 2 is 2.00 bits per heavy atom. The molecular weight excluding hydrogens is 474 g/mol. The molecule has 4 aromatic heterocycles. The van der Waals surface area contributed by atoms with Gasteiger partial charge >= 0.3 is 5.92 Å². The number of aromatic nitrogens is 7. The molecule has 0 saturated carbocycles. The summed E-state index contributed by atoms with van der Waals surface area (Å²) in [7, 11) is 0. The van der Waals surface area contributed by atoms with Gasteiger partial charge in [0.2, 0.25) is 11.7 Å². The number of nitrogens with one attached hydrogen (secondary N) is 2. The maximum absolute atomic E-state index is 14.4. The maximum atomic E-state index is 14.4. The summed E-state index contributed by atoms with van der Waals surface area (Å²) in [6.45, 7) is -0.910. The minimum Gasteiger partial charge on any atom is -0.710 e. The molecule has 4 heterocycles. The highest BCUT2D eigenvalue weighted by atomic mass is 19.3. The first-order valence-corrected chi connectivity index (χ1v) is 10.5. The third-order valence-corrected chi connectivity index (χ3v) is 5.04. The van der Waals surface area contributed by atoms with Gasteiger partial charge in [0, 0.05) is 43.0 Å². The summed E-state index contributed by atoms with van der Waals surface area (Å²) < 4.78 is 30.6. The van der Waals surface area contributed by atoms with Gasteiger partial charge in [-0.2, -0.15) is 19.1 Å².